The van der Waals surface area contributed by atoms with E-state index in [2.05, 4.69) is 15.9 Å². The minimum Gasteiger partial charge on any atom is -0.399 e. The van der Waals surface area contributed by atoms with Crippen LogP contribution < -0.4 is 5.73 Å². The Morgan fingerprint density at radius 3 is 2.39 bits per heavy atom. The summed E-state index contributed by atoms with van der Waals surface area (Å²) in [6.45, 7) is 2.42. The Bertz CT molecular complexity index is 1350. The van der Waals surface area contributed by atoms with Crippen LogP contribution in [-0.4, -0.2) is 33.2 Å². The van der Waals surface area contributed by atoms with Gasteiger partial charge in [0.15, 0.2) is 6.23 Å². The summed E-state index contributed by atoms with van der Waals surface area (Å²) in [5.41, 5.74) is 10.6. The van der Waals surface area contributed by atoms with Gasteiger partial charge in [0, 0.05) is 34.0 Å². The molecule has 2 atom stereocenters. The highest BCUT2D eigenvalue weighted by Crippen LogP contribution is 2.38. The molecule has 3 aromatic carbocycles. The van der Waals surface area contributed by atoms with E-state index in [-0.39, 0.29) is 11.7 Å². The first-order chi connectivity index (χ1) is 17.4. The summed E-state index contributed by atoms with van der Waals surface area (Å²) < 4.78 is 22.7. The largest absolute Gasteiger partial charge is 0.399 e. The van der Waals surface area contributed by atoms with Gasteiger partial charge in [-0.05, 0) is 79.1 Å². The number of ether oxygens (including phenoxy) is 1. The fourth-order valence-corrected chi connectivity index (χ4v) is 4.65. The third-order valence-electron chi connectivity index (χ3n) is 6.34. The molecule has 0 aliphatic carbocycles. The summed E-state index contributed by atoms with van der Waals surface area (Å²) >= 11 is 3.47. The lowest BCUT2D eigenvalue weighted by molar-refractivity contribution is -0.130. The topological polar surface area (TPSA) is 73.4 Å². The molecular formula is C28H26BrFN4O2. The Labute approximate surface area is 217 Å². The number of nitrogens with two attached hydrogens (primary N) is 1. The Hall–Kier alpha value is -3.49. The summed E-state index contributed by atoms with van der Waals surface area (Å²) in [6.07, 6.45) is 1.99. The molecule has 2 N–H and O–H groups in total. The Balaban J connectivity index is 1.54. The molecule has 0 unspecified atom stereocenters. The van der Waals surface area contributed by atoms with Crippen molar-refractivity contribution in [2.24, 2.45) is 0 Å². The number of hydrogen-bond donors (Lipinski definition) is 1. The highest BCUT2D eigenvalue weighted by atomic mass is 79.9. The Morgan fingerprint density at radius 1 is 1.03 bits per heavy atom. The minimum atomic E-state index is -0.611. The van der Waals surface area contributed by atoms with E-state index in [1.54, 1.807) is 21.7 Å². The van der Waals surface area contributed by atoms with Gasteiger partial charge >= 0.3 is 0 Å². The van der Waals surface area contributed by atoms with Crippen LogP contribution in [0.3, 0.4) is 0 Å². The Morgan fingerprint density at radius 2 is 1.72 bits per heavy atom. The summed E-state index contributed by atoms with van der Waals surface area (Å²) in [5, 5.41) is 4.84. The third-order valence-corrected chi connectivity index (χ3v) is 6.87. The van der Waals surface area contributed by atoms with Gasteiger partial charge in [0.25, 0.3) is 5.91 Å². The molecule has 0 spiro atoms. The number of anilines is 1. The fourth-order valence-electron chi connectivity index (χ4n) is 4.39. The van der Waals surface area contributed by atoms with Crippen LogP contribution in [0.2, 0.25) is 0 Å². The summed E-state index contributed by atoms with van der Waals surface area (Å²) in [6, 6.07) is 21.6. The number of nitrogen functional groups attached to an aromatic ring is 1. The molecule has 4 aromatic rings. The van der Waals surface area contributed by atoms with Gasteiger partial charge < -0.3 is 15.4 Å². The number of benzene rings is 3. The summed E-state index contributed by atoms with van der Waals surface area (Å²) in [7, 11) is 0. The normalized spacial score (nSPS) is 17.6. The first-order valence-electron chi connectivity index (χ1n) is 11.8. The lowest BCUT2D eigenvalue weighted by Gasteiger charge is -2.23. The molecule has 6 nitrogen and oxygen atoms in total. The number of nitrogens with zero attached hydrogens (tertiary/aromatic N) is 3. The zero-order valence-electron chi connectivity index (χ0n) is 19.8. The van der Waals surface area contributed by atoms with Crippen molar-refractivity contribution in [3.05, 3.63) is 100 Å². The second-order valence-corrected chi connectivity index (χ2v) is 9.69. The van der Waals surface area contributed by atoms with E-state index in [1.165, 1.54) is 12.1 Å². The second kappa shape index (κ2) is 10.2. The molecule has 5 rings (SSSR count). The first kappa shape index (κ1) is 24.2. The number of hydrogen-bond acceptors (Lipinski definition) is 4. The molecule has 36 heavy (non-hydrogen) atoms. The standard InChI is InChI=1S/C28H26BrFN4O2/c1-2-25-27(35)33(16-15-18-3-11-22(31)12-4-18)28(36-25)24-17-34(23-13-7-20(29)8-14-23)32-26(24)19-5-9-21(30)10-6-19/h3-14,17,25,28H,2,15-16,31H2,1H3/t25-,28-/m1/s1. The van der Waals surface area contributed by atoms with Crippen LogP contribution >= 0.6 is 15.9 Å². The zero-order valence-corrected chi connectivity index (χ0v) is 21.4. The van der Waals surface area contributed by atoms with E-state index in [1.807, 2.05) is 61.7 Å². The monoisotopic (exact) mass is 548 g/mol. The molecule has 184 valence electrons. The molecule has 1 aromatic heterocycles. The van der Waals surface area contributed by atoms with Crippen LogP contribution in [0.5, 0.6) is 0 Å². The number of carbonyl (C=O) groups is 1. The van der Waals surface area contributed by atoms with Crippen LogP contribution in [0.15, 0.2) is 83.5 Å². The number of amides is 1. The van der Waals surface area contributed by atoms with Crippen molar-refractivity contribution in [1.82, 2.24) is 14.7 Å². The molecule has 1 fully saturated rings. The van der Waals surface area contributed by atoms with Gasteiger partial charge in [-0.3, -0.25) is 4.79 Å². The van der Waals surface area contributed by atoms with Crippen LogP contribution in [0, 0.1) is 5.82 Å². The molecule has 0 bridgehead atoms. The van der Waals surface area contributed by atoms with Gasteiger partial charge in [0.05, 0.1) is 5.69 Å². The van der Waals surface area contributed by atoms with Crippen molar-refractivity contribution < 1.29 is 13.9 Å². The van der Waals surface area contributed by atoms with Crippen LogP contribution in [-0.2, 0) is 16.0 Å². The van der Waals surface area contributed by atoms with Crippen LogP contribution in [0.4, 0.5) is 10.1 Å². The molecule has 2 heterocycles. The molecule has 1 aliphatic heterocycles. The van der Waals surface area contributed by atoms with Gasteiger partial charge in [0.1, 0.15) is 17.6 Å². The second-order valence-electron chi connectivity index (χ2n) is 8.77. The molecule has 1 saturated heterocycles. The maximum absolute atomic E-state index is 13.7. The van der Waals surface area contributed by atoms with Gasteiger partial charge in [0.2, 0.25) is 0 Å². The average Bonchev–Trinajstić information content (AvgIpc) is 3.46. The van der Waals surface area contributed by atoms with E-state index in [4.69, 9.17) is 15.6 Å². The molecular weight excluding hydrogens is 523 g/mol. The summed E-state index contributed by atoms with van der Waals surface area (Å²) in [4.78, 5) is 15.1. The zero-order chi connectivity index (χ0) is 25.2. The van der Waals surface area contributed by atoms with E-state index >= 15 is 0 Å². The molecule has 1 amide bonds. The highest BCUT2D eigenvalue weighted by Gasteiger charge is 2.42. The van der Waals surface area contributed by atoms with E-state index in [0.717, 1.165) is 26.9 Å². The first-order valence-corrected chi connectivity index (χ1v) is 12.6. The van der Waals surface area contributed by atoms with E-state index in [9.17, 15) is 9.18 Å². The Kier molecular flexibility index (Phi) is 6.89. The van der Waals surface area contributed by atoms with Gasteiger partial charge in [-0.15, -0.1) is 0 Å². The maximum atomic E-state index is 13.7. The lowest BCUT2D eigenvalue weighted by atomic mass is 10.1. The van der Waals surface area contributed by atoms with Gasteiger partial charge in [-0.25, -0.2) is 9.07 Å². The molecule has 0 radical (unpaired) electrons. The molecule has 0 saturated carbocycles. The van der Waals surface area contributed by atoms with Gasteiger partial charge in [-0.2, -0.15) is 5.10 Å². The fraction of sp³-hybridized carbons (Fsp3) is 0.214. The number of aromatic nitrogens is 2. The summed E-state index contributed by atoms with van der Waals surface area (Å²) in [5.74, 6) is -0.365. The van der Waals surface area contributed by atoms with E-state index in [0.29, 0.717) is 30.8 Å². The van der Waals surface area contributed by atoms with Crippen molar-refractivity contribution in [3.8, 4) is 16.9 Å². The quantitative estimate of drug-likeness (QED) is 0.292. The highest BCUT2D eigenvalue weighted by molar-refractivity contribution is 9.10. The predicted molar refractivity (Wildman–Crippen MR) is 141 cm³/mol. The maximum Gasteiger partial charge on any atom is 0.254 e. The average molecular weight is 549 g/mol. The SMILES string of the molecule is CC[C@H]1O[C@H](c2cn(-c3ccc(Br)cc3)nc2-c2ccc(F)cc2)N(CCc2ccc(N)cc2)C1=O. The van der Waals surface area contributed by atoms with Crippen LogP contribution in [0.25, 0.3) is 16.9 Å². The predicted octanol–water partition coefficient (Wildman–Crippen LogP) is 5.90. The number of carbonyl (C=O) groups excluding carboxylic acids is 1. The number of rotatable bonds is 7. The van der Waals surface area contributed by atoms with Crippen molar-refractivity contribution in [2.75, 3.05) is 12.3 Å². The third kappa shape index (κ3) is 4.92. The van der Waals surface area contributed by atoms with Crippen molar-refractivity contribution >= 4 is 27.5 Å². The van der Waals surface area contributed by atoms with Crippen LogP contribution in [0.1, 0.15) is 30.7 Å². The number of halogens is 2. The van der Waals surface area contributed by atoms with Crippen molar-refractivity contribution in [3.63, 3.8) is 0 Å². The minimum absolute atomic E-state index is 0.0422. The molecule has 1 aliphatic rings. The van der Waals surface area contributed by atoms with E-state index < -0.39 is 12.3 Å². The van der Waals surface area contributed by atoms with Crippen molar-refractivity contribution in [1.29, 1.82) is 0 Å². The van der Waals surface area contributed by atoms with Gasteiger partial charge in [-0.1, -0.05) is 35.0 Å². The lowest BCUT2D eigenvalue weighted by Crippen LogP contribution is -2.32. The molecule has 8 heteroatoms. The smallest absolute Gasteiger partial charge is 0.254 e. The van der Waals surface area contributed by atoms with Crippen molar-refractivity contribution in [2.45, 2.75) is 32.1 Å².